The van der Waals surface area contributed by atoms with E-state index in [1.54, 1.807) is 6.33 Å². The van der Waals surface area contributed by atoms with Gasteiger partial charge in [0.05, 0.1) is 6.67 Å². The third kappa shape index (κ3) is 3.46. The van der Waals surface area contributed by atoms with Crippen LogP contribution in [-0.4, -0.2) is 40.4 Å². The zero-order valence-electron chi connectivity index (χ0n) is 12.4. The van der Waals surface area contributed by atoms with E-state index in [1.165, 1.54) is 11.3 Å². The molecular formula is C14H21N5S. The van der Waals surface area contributed by atoms with Crippen molar-refractivity contribution >= 4 is 17.9 Å². The van der Waals surface area contributed by atoms with E-state index in [-0.39, 0.29) is 0 Å². The number of aromatic nitrogens is 3. The summed E-state index contributed by atoms with van der Waals surface area (Å²) >= 11 is 5.29. The molecule has 0 bridgehead atoms. The van der Waals surface area contributed by atoms with Crippen molar-refractivity contribution in [1.82, 2.24) is 19.2 Å². The first-order chi connectivity index (χ1) is 9.47. The summed E-state index contributed by atoms with van der Waals surface area (Å²) in [4.78, 5) is 4.29. The summed E-state index contributed by atoms with van der Waals surface area (Å²) in [5, 5.41) is 4.26. The maximum Gasteiger partial charge on any atom is 0.198 e. The SMILES string of the molecule is CN(Cc1ccc(N(C)C)cc1)Cn1ncn(C)c1=S. The summed E-state index contributed by atoms with van der Waals surface area (Å²) in [5.41, 5.74) is 2.49. The predicted octanol–water partition coefficient (Wildman–Crippen LogP) is 2.11. The summed E-state index contributed by atoms with van der Waals surface area (Å²) in [7, 11) is 8.07. The van der Waals surface area contributed by atoms with Crippen LogP contribution in [0.25, 0.3) is 0 Å². The molecule has 5 nitrogen and oxygen atoms in total. The largest absolute Gasteiger partial charge is 0.378 e. The molecule has 0 aliphatic rings. The molecule has 0 saturated heterocycles. The van der Waals surface area contributed by atoms with E-state index < -0.39 is 0 Å². The Bertz CT molecular complexity index is 611. The van der Waals surface area contributed by atoms with Gasteiger partial charge in [0.1, 0.15) is 6.33 Å². The monoisotopic (exact) mass is 291 g/mol. The number of rotatable bonds is 5. The Hall–Kier alpha value is -1.66. The second kappa shape index (κ2) is 6.19. The second-order valence-corrected chi connectivity index (χ2v) is 5.61. The molecular weight excluding hydrogens is 270 g/mol. The van der Waals surface area contributed by atoms with E-state index in [9.17, 15) is 0 Å². The van der Waals surface area contributed by atoms with Crippen LogP contribution in [0.1, 0.15) is 5.56 Å². The number of hydrogen-bond donors (Lipinski definition) is 0. The van der Waals surface area contributed by atoms with Gasteiger partial charge < -0.3 is 9.47 Å². The topological polar surface area (TPSA) is 29.2 Å². The zero-order chi connectivity index (χ0) is 14.7. The molecule has 0 N–H and O–H groups in total. The molecule has 0 spiro atoms. The minimum Gasteiger partial charge on any atom is -0.378 e. The van der Waals surface area contributed by atoms with Crippen LogP contribution in [0.15, 0.2) is 30.6 Å². The second-order valence-electron chi connectivity index (χ2n) is 5.24. The maximum absolute atomic E-state index is 5.29. The van der Waals surface area contributed by atoms with Crippen LogP contribution >= 0.6 is 12.2 Å². The molecule has 2 aromatic rings. The van der Waals surface area contributed by atoms with Crippen LogP contribution in [0.4, 0.5) is 5.69 Å². The highest BCUT2D eigenvalue weighted by atomic mass is 32.1. The Morgan fingerprint density at radius 2 is 1.80 bits per heavy atom. The summed E-state index contributed by atoms with van der Waals surface area (Å²) in [6.07, 6.45) is 1.74. The van der Waals surface area contributed by atoms with Gasteiger partial charge in [0, 0.05) is 33.4 Å². The molecule has 0 radical (unpaired) electrons. The Balaban J connectivity index is 1.99. The fraction of sp³-hybridized carbons (Fsp3) is 0.429. The summed E-state index contributed by atoms with van der Waals surface area (Å²) < 4.78 is 4.40. The number of anilines is 1. The minimum atomic E-state index is 0.690. The molecule has 1 aromatic carbocycles. The van der Waals surface area contributed by atoms with Crippen LogP contribution in [0.2, 0.25) is 0 Å². The maximum atomic E-state index is 5.29. The Morgan fingerprint density at radius 3 is 2.30 bits per heavy atom. The van der Waals surface area contributed by atoms with Crippen LogP contribution < -0.4 is 4.90 Å². The van der Waals surface area contributed by atoms with E-state index in [1.807, 2.05) is 30.4 Å². The van der Waals surface area contributed by atoms with Gasteiger partial charge in [0.15, 0.2) is 4.77 Å². The van der Waals surface area contributed by atoms with Gasteiger partial charge in [-0.05, 0) is 37.0 Å². The highest BCUT2D eigenvalue weighted by molar-refractivity contribution is 7.71. The minimum absolute atomic E-state index is 0.690. The first kappa shape index (κ1) is 14.7. The molecule has 0 saturated carbocycles. The molecule has 1 aromatic heterocycles. The zero-order valence-corrected chi connectivity index (χ0v) is 13.3. The molecule has 20 heavy (non-hydrogen) atoms. The van der Waals surface area contributed by atoms with Gasteiger partial charge in [-0.1, -0.05) is 12.1 Å². The van der Waals surface area contributed by atoms with Crippen molar-refractivity contribution in [2.24, 2.45) is 7.05 Å². The summed E-state index contributed by atoms with van der Waals surface area (Å²) in [5.74, 6) is 0. The number of hydrogen-bond acceptors (Lipinski definition) is 4. The quantitative estimate of drug-likeness (QED) is 0.789. The van der Waals surface area contributed by atoms with E-state index in [0.29, 0.717) is 6.67 Å². The van der Waals surface area contributed by atoms with Gasteiger partial charge in [-0.15, -0.1) is 0 Å². The first-order valence-corrected chi connectivity index (χ1v) is 6.91. The number of aryl methyl sites for hydroxylation is 1. The third-order valence-corrected chi connectivity index (χ3v) is 3.67. The molecule has 6 heteroatoms. The van der Waals surface area contributed by atoms with Crippen molar-refractivity contribution in [3.05, 3.63) is 40.9 Å². The number of benzene rings is 1. The molecule has 108 valence electrons. The van der Waals surface area contributed by atoms with Gasteiger partial charge in [-0.3, -0.25) is 4.90 Å². The molecule has 0 aliphatic heterocycles. The third-order valence-electron chi connectivity index (χ3n) is 3.17. The molecule has 0 unspecified atom stereocenters. The van der Waals surface area contributed by atoms with Gasteiger partial charge in [-0.25, -0.2) is 4.68 Å². The smallest absolute Gasteiger partial charge is 0.198 e. The summed E-state index contributed by atoms with van der Waals surface area (Å²) in [6.45, 7) is 1.56. The fourth-order valence-electron chi connectivity index (χ4n) is 2.01. The van der Waals surface area contributed by atoms with E-state index >= 15 is 0 Å². The van der Waals surface area contributed by atoms with Crippen LogP contribution in [0.5, 0.6) is 0 Å². The van der Waals surface area contributed by atoms with Crippen molar-refractivity contribution in [2.45, 2.75) is 13.2 Å². The highest BCUT2D eigenvalue weighted by Crippen LogP contribution is 2.13. The Kier molecular flexibility index (Phi) is 4.57. The molecule has 1 heterocycles. The van der Waals surface area contributed by atoms with Gasteiger partial charge >= 0.3 is 0 Å². The van der Waals surface area contributed by atoms with Gasteiger partial charge in [-0.2, -0.15) is 5.10 Å². The lowest BCUT2D eigenvalue weighted by Crippen LogP contribution is -2.22. The van der Waals surface area contributed by atoms with Crippen molar-refractivity contribution < 1.29 is 0 Å². The van der Waals surface area contributed by atoms with E-state index in [4.69, 9.17) is 12.2 Å². The standard InChI is InChI=1S/C14H21N5S/c1-16(2)13-7-5-12(6-8-13)9-17(3)11-19-14(20)18(4)10-15-19/h5-8,10H,9,11H2,1-4H3. The van der Waals surface area contributed by atoms with Crippen molar-refractivity contribution in [1.29, 1.82) is 0 Å². The fourth-order valence-corrected chi connectivity index (χ4v) is 2.16. The molecule has 0 amide bonds. The first-order valence-electron chi connectivity index (χ1n) is 6.50. The molecule has 0 fully saturated rings. The van der Waals surface area contributed by atoms with Crippen LogP contribution in [-0.2, 0) is 20.3 Å². The average molecular weight is 291 g/mol. The van der Waals surface area contributed by atoms with Crippen molar-refractivity contribution in [2.75, 3.05) is 26.0 Å². The molecule has 0 atom stereocenters. The highest BCUT2D eigenvalue weighted by Gasteiger charge is 2.04. The van der Waals surface area contributed by atoms with Crippen LogP contribution in [0.3, 0.4) is 0 Å². The van der Waals surface area contributed by atoms with E-state index in [0.717, 1.165) is 11.3 Å². The summed E-state index contributed by atoms with van der Waals surface area (Å²) in [6, 6.07) is 8.58. The normalized spacial score (nSPS) is 11.1. The lowest BCUT2D eigenvalue weighted by atomic mass is 10.2. The van der Waals surface area contributed by atoms with E-state index in [2.05, 4.69) is 46.2 Å². The Labute approximate surface area is 125 Å². The Morgan fingerprint density at radius 1 is 1.15 bits per heavy atom. The van der Waals surface area contributed by atoms with Gasteiger partial charge in [0.2, 0.25) is 0 Å². The molecule has 0 aliphatic carbocycles. The van der Waals surface area contributed by atoms with Crippen LogP contribution in [0, 0.1) is 4.77 Å². The lowest BCUT2D eigenvalue weighted by molar-refractivity contribution is 0.244. The lowest BCUT2D eigenvalue weighted by Gasteiger charge is -2.17. The van der Waals surface area contributed by atoms with Crippen molar-refractivity contribution in [3.8, 4) is 0 Å². The van der Waals surface area contributed by atoms with Crippen molar-refractivity contribution in [3.63, 3.8) is 0 Å². The molecule has 2 rings (SSSR count). The average Bonchev–Trinajstić information content (AvgIpc) is 2.71. The van der Waals surface area contributed by atoms with Gasteiger partial charge in [0.25, 0.3) is 0 Å². The predicted molar refractivity (Wildman–Crippen MR) is 84.3 cm³/mol. The number of nitrogens with zero attached hydrogens (tertiary/aromatic N) is 5.